The van der Waals surface area contributed by atoms with Crippen molar-refractivity contribution in [3.8, 4) is 0 Å². The van der Waals surface area contributed by atoms with E-state index in [-0.39, 0.29) is 0 Å². The van der Waals surface area contributed by atoms with Crippen molar-refractivity contribution < 1.29 is 13.9 Å². The molecule has 1 N–H and O–H groups in total. The smallest absolute Gasteiger partial charge is 0.133 e. The van der Waals surface area contributed by atoms with Crippen LogP contribution in [0.3, 0.4) is 0 Å². The maximum absolute atomic E-state index is 5.53. The molecule has 1 aromatic rings. The summed E-state index contributed by atoms with van der Waals surface area (Å²) in [7, 11) is 0. The first-order valence-electron chi connectivity index (χ1n) is 6.79. The lowest BCUT2D eigenvalue weighted by Gasteiger charge is -2.06. The van der Waals surface area contributed by atoms with E-state index in [0.29, 0.717) is 19.8 Å². The second-order valence-electron chi connectivity index (χ2n) is 4.21. The van der Waals surface area contributed by atoms with Crippen molar-refractivity contribution in [1.29, 1.82) is 0 Å². The Bertz CT molecular complexity index is 299. The van der Waals surface area contributed by atoms with Gasteiger partial charge in [-0.15, -0.1) is 0 Å². The van der Waals surface area contributed by atoms with E-state index in [1.54, 1.807) is 6.26 Å². The quantitative estimate of drug-likeness (QED) is 0.617. The molecule has 0 aliphatic carbocycles. The summed E-state index contributed by atoms with van der Waals surface area (Å²) in [5.74, 6) is 0.911. The van der Waals surface area contributed by atoms with Gasteiger partial charge in [-0.2, -0.15) is 0 Å². The van der Waals surface area contributed by atoms with Crippen LogP contribution in [0.2, 0.25) is 0 Å². The molecule has 0 fully saturated rings. The maximum Gasteiger partial charge on any atom is 0.133 e. The molecule has 0 saturated carbocycles. The fraction of sp³-hybridized carbons (Fsp3) is 0.714. The molecule has 0 aliphatic heterocycles. The average Bonchev–Trinajstić information content (AvgIpc) is 2.82. The van der Waals surface area contributed by atoms with Gasteiger partial charge in [0.05, 0.1) is 19.5 Å². The van der Waals surface area contributed by atoms with Crippen LogP contribution in [0.1, 0.15) is 38.0 Å². The molecule has 0 aliphatic rings. The van der Waals surface area contributed by atoms with Gasteiger partial charge in [-0.1, -0.05) is 13.8 Å². The third-order valence-corrected chi connectivity index (χ3v) is 2.53. The van der Waals surface area contributed by atoms with Gasteiger partial charge in [-0.25, -0.2) is 0 Å². The molecule has 4 nitrogen and oxygen atoms in total. The lowest BCUT2D eigenvalue weighted by Crippen LogP contribution is -2.14. The number of ether oxygens (including phenoxy) is 2. The maximum atomic E-state index is 5.53. The Morgan fingerprint density at radius 3 is 2.72 bits per heavy atom. The number of furan rings is 1. The van der Waals surface area contributed by atoms with Crippen LogP contribution in [0.15, 0.2) is 16.7 Å². The fourth-order valence-corrected chi connectivity index (χ4v) is 1.58. The van der Waals surface area contributed by atoms with Gasteiger partial charge in [0.1, 0.15) is 12.4 Å². The molecule has 0 spiro atoms. The summed E-state index contributed by atoms with van der Waals surface area (Å²) in [6, 6.07) is 1.99. The zero-order chi connectivity index (χ0) is 13.1. The molecule has 0 aromatic carbocycles. The van der Waals surface area contributed by atoms with Crippen LogP contribution < -0.4 is 5.32 Å². The number of hydrogen-bond donors (Lipinski definition) is 1. The Balaban J connectivity index is 2.15. The van der Waals surface area contributed by atoms with Crippen LogP contribution in [0.25, 0.3) is 0 Å². The highest BCUT2D eigenvalue weighted by Gasteiger charge is 2.05. The lowest BCUT2D eigenvalue weighted by atomic mass is 10.2. The predicted molar refractivity (Wildman–Crippen MR) is 71.5 cm³/mol. The molecule has 1 heterocycles. The zero-order valence-electron chi connectivity index (χ0n) is 11.5. The average molecular weight is 255 g/mol. The summed E-state index contributed by atoms with van der Waals surface area (Å²) in [6.07, 6.45) is 3.90. The second-order valence-corrected chi connectivity index (χ2v) is 4.21. The first-order chi connectivity index (χ1) is 8.88. The van der Waals surface area contributed by atoms with Gasteiger partial charge in [0, 0.05) is 18.7 Å². The molecule has 0 amide bonds. The van der Waals surface area contributed by atoms with Crippen molar-refractivity contribution in [1.82, 2.24) is 5.32 Å². The SMILES string of the molecule is CCCNCc1ccoc1COCCOCCC. The van der Waals surface area contributed by atoms with Crippen molar-refractivity contribution in [2.24, 2.45) is 0 Å². The zero-order valence-corrected chi connectivity index (χ0v) is 11.5. The minimum atomic E-state index is 0.519. The van der Waals surface area contributed by atoms with Gasteiger partial charge >= 0.3 is 0 Å². The Labute approximate surface area is 110 Å². The van der Waals surface area contributed by atoms with Gasteiger partial charge in [-0.3, -0.25) is 0 Å². The second kappa shape index (κ2) is 10.1. The first kappa shape index (κ1) is 15.2. The van der Waals surface area contributed by atoms with Crippen LogP contribution in [-0.4, -0.2) is 26.4 Å². The monoisotopic (exact) mass is 255 g/mol. The number of nitrogens with one attached hydrogen (secondary N) is 1. The van der Waals surface area contributed by atoms with Crippen LogP contribution in [0.4, 0.5) is 0 Å². The van der Waals surface area contributed by atoms with Crippen LogP contribution in [0, 0.1) is 0 Å². The molecule has 4 heteroatoms. The minimum Gasteiger partial charge on any atom is -0.467 e. The van der Waals surface area contributed by atoms with Gasteiger partial charge < -0.3 is 19.2 Å². The van der Waals surface area contributed by atoms with Gasteiger partial charge in [0.2, 0.25) is 0 Å². The molecule has 18 heavy (non-hydrogen) atoms. The van der Waals surface area contributed by atoms with Crippen LogP contribution in [-0.2, 0) is 22.6 Å². The van der Waals surface area contributed by atoms with Crippen molar-refractivity contribution in [3.05, 3.63) is 23.7 Å². The first-order valence-corrected chi connectivity index (χ1v) is 6.79. The van der Waals surface area contributed by atoms with Crippen molar-refractivity contribution in [2.75, 3.05) is 26.4 Å². The molecule has 0 unspecified atom stereocenters. The van der Waals surface area contributed by atoms with E-state index in [1.165, 1.54) is 5.56 Å². The number of rotatable bonds is 11. The van der Waals surface area contributed by atoms with Crippen molar-refractivity contribution in [2.45, 2.75) is 39.8 Å². The van der Waals surface area contributed by atoms with Gasteiger partial charge in [-0.05, 0) is 25.5 Å². The molecule has 0 bridgehead atoms. The third kappa shape index (κ3) is 6.19. The Morgan fingerprint density at radius 2 is 1.94 bits per heavy atom. The Morgan fingerprint density at radius 1 is 1.11 bits per heavy atom. The highest BCUT2D eigenvalue weighted by Crippen LogP contribution is 2.11. The molecule has 0 radical (unpaired) electrons. The predicted octanol–water partition coefficient (Wildman–Crippen LogP) is 2.72. The summed E-state index contributed by atoms with van der Waals surface area (Å²) in [4.78, 5) is 0. The molecule has 0 saturated heterocycles. The summed E-state index contributed by atoms with van der Waals surface area (Å²) in [5.41, 5.74) is 1.18. The summed E-state index contributed by atoms with van der Waals surface area (Å²) >= 11 is 0. The van der Waals surface area contributed by atoms with Gasteiger partial charge in [0.25, 0.3) is 0 Å². The topological polar surface area (TPSA) is 43.6 Å². The molecule has 104 valence electrons. The number of hydrogen-bond acceptors (Lipinski definition) is 4. The molecule has 0 atom stereocenters. The van der Waals surface area contributed by atoms with E-state index in [2.05, 4.69) is 19.2 Å². The molecule has 1 aromatic heterocycles. The van der Waals surface area contributed by atoms with Crippen molar-refractivity contribution >= 4 is 0 Å². The normalized spacial score (nSPS) is 11.0. The van der Waals surface area contributed by atoms with Gasteiger partial charge in [0.15, 0.2) is 0 Å². The lowest BCUT2D eigenvalue weighted by molar-refractivity contribution is 0.0346. The highest BCUT2D eigenvalue weighted by atomic mass is 16.5. The standard InChI is InChI=1S/C14H25NO3/c1-3-6-15-11-13-5-8-18-14(13)12-17-10-9-16-7-4-2/h5,8,15H,3-4,6-7,9-12H2,1-2H3. The minimum absolute atomic E-state index is 0.519. The van der Waals surface area contributed by atoms with Crippen LogP contribution in [0.5, 0.6) is 0 Å². The summed E-state index contributed by atoms with van der Waals surface area (Å²) < 4.78 is 16.3. The van der Waals surface area contributed by atoms with Crippen molar-refractivity contribution in [3.63, 3.8) is 0 Å². The summed E-state index contributed by atoms with van der Waals surface area (Å²) in [5, 5.41) is 3.36. The van der Waals surface area contributed by atoms with E-state index < -0.39 is 0 Å². The fourth-order valence-electron chi connectivity index (χ4n) is 1.58. The molecule has 1 rings (SSSR count). The van der Waals surface area contributed by atoms with E-state index >= 15 is 0 Å². The highest BCUT2D eigenvalue weighted by molar-refractivity contribution is 5.16. The Hall–Kier alpha value is -0.840. The molecular weight excluding hydrogens is 230 g/mol. The Kier molecular flexibility index (Phi) is 8.55. The van der Waals surface area contributed by atoms with E-state index in [0.717, 1.165) is 38.3 Å². The largest absolute Gasteiger partial charge is 0.467 e. The van der Waals surface area contributed by atoms with Crippen LogP contribution >= 0.6 is 0 Å². The van der Waals surface area contributed by atoms with E-state index in [4.69, 9.17) is 13.9 Å². The van der Waals surface area contributed by atoms with E-state index in [9.17, 15) is 0 Å². The van der Waals surface area contributed by atoms with E-state index in [1.807, 2.05) is 6.07 Å². The summed E-state index contributed by atoms with van der Waals surface area (Å²) in [6.45, 7) is 8.70. The molecular formula is C14H25NO3. The third-order valence-electron chi connectivity index (χ3n) is 2.53.